The van der Waals surface area contributed by atoms with Gasteiger partial charge in [-0.2, -0.15) is 0 Å². The molecule has 4 nitrogen and oxygen atoms in total. The van der Waals surface area contributed by atoms with E-state index in [2.05, 4.69) is 9.97 Å². The molecule has 2 heterocycles. The molecule has 0 radical (unpaired) electrons. The molecule has 1 N–H and O–H groups in total. The number of aryl methyl sites for hydroxylation is 3. The maximum atomic E-state index is 10.2. The minimum atomic E-state index is -0.715. The van der Waals surface area contributed by atoms with Crippen molar-refractivity contribution >= 4 is 0 Å². The lowest BCUT2D eigenvalue weighted by Crippen LogP contribution is -2.09. The van der Waals surface area contributed by atoms with E-state index in [1.807, 2.05) is 43.8 Å². The van der Waals surface area contributed by atoms with Gasteiger partial charge in [0, 0.05) is 36.4 Å². The lowest BCUT2D eigenvalue weighted by atomic mass is 10.1. The van der Waals surface area contributed by atoms with Gasteiger partial charge in [-0.05, 0) is 19.9 Å². The van der Waals surface area contributed by atoms with Crippen molar-refractivity contribution in [3.05, 3.63) is 47.3 Å². The third kappa shape index (κ3) is 1.84. The number of rotatable bonds is 2. The summed E-state index contributed by atoms with van der Waals surface area (Å²) in [5.74, 6) is 0.633. The van der Waals surface area contributed by atoms with Gasteiger partial charge in [-0.25, -0.2) is 4.98 Å². The van der Waals surface area contributed by atoms with Gasteiger partial charge >= 0.3 is 0 Å². The Balaban J connectivity index is 2.41. The van der Waals surface area contributed by atoms with Crippen molar-refractivity contribution in [1.82, 2.24) is 14.5 Å². The number of pyridine rings is 1. The molecule has 0 saturated heterocycles. The fraction of sp³-hybridized carbons (Fsp3) is 0.333. The first-order valence-corrected chi connectivity index (χ1v) is 5.19. The molecule has 0 aliphatic heterocycles. The zero-order valence-electron chi connectivity index (χ0n) is 9.68. The summed E-state index contributed by atoms with van der Waals surface area (Å²) in [7, 11) is 1.86. The van der Waals surface area contributed by atoms with Crippen LogP contribution in [-0.4, -0.2) is 19.6 Å². The molecule has 0 spiro atoms. The van der Waals surface area contributed by atoms with Gasteiger partial charge < -0.3 is 9.67 Å². The highest BCUT2D eigenvalue weighted by Crippen LogP contribution is 2.22. The number of hydrogen-bond donors (Lipinski definition) is 1. The van der Waals surface area contributed by atoms with E-state index < -0.39 is 6.10 Å². The van der Waals surface area contributed by atoms with E-state index in [1.165, 1.54) is 0 Å². The molecule has 0 bridgehead atoms. The first kappa shape index (κ1) is 10.8. The monoisotopic (exact) mass is 217 g/mol. The summed E-state index contributed by atoms with van der Waals surface area (Å²) in [4.78, 5) is 8.48. The van der Waals surface area contributed by atoms with Crippen LogP contribution < -0.4 is 0 Å². The summed E-state index contributed by atoms with van der Waals surface area (Å²) < 4.78 is 1.81. The number of aliphatic hydroxyl groups excluding tert-OH is 1. The maximum Gasteiger partial charge on any atom is 0.142 e. The summed E-state index contributed by atoms with van der Waals surface area (Å²) in [6.45, 7) is 3.83. The molecule has 0 aliphatic carbocycles. The van der Waals surface area contributed by atoms with E-state index in [0.29, 0.717) is 5.82 Å². The van der Waals surface area contributed by atoms with E-state index >= 15 is 0 Å². The van der Waals surface area contributed by atoms with Crippen molar-refractivity contribution in [3.8, 4) is 0 Å². The van der Waals surface area contributed by atoms with Gasteiger partial charge in [0.15, 0.2) is 0 Å². The second-order valence-electron chi connectivity index (χ2n) is 3.93. The van der Waals surface area contributed by atoms with Gasteiger partial charge in [-0.3, -0.25) is 4.98 Å². The molecule has 0 saturated carbocycles. The van der Waals surface area contributed by atoms with Crippen LogP contribution in [-0.2, 0) is 7.05 Å². The van der Waals surface area contributed by atoms with Crippen molar-refractivity contribution in [2.75, 3.05) is 0 Å². The van der Waals surface area contributed by atoms with Gasteiger partial charge in [-0.15, -0.1) is 0 Å². The molecule has 0 amide bonds. The molecule has 2 aromatic rings. The molecule has 1 unspecified atom stereocenters. The normalized spacial score (nSPS) is 12.8. The summed E-state index contributed by atoms with van der Waals surface area (Å²) in [6.07, 6.45) is 2.78. The highest BCUT2D eigenvalue weighted by molar-refractivity contribution is 5.28. The predicted octanol–water partition coefficient (Wildman–Crippen LogP) is 1.51. The van der Waals surface area contributed by atoms with Gasteiger partial charge in [0.05, 0.1) is 0 Å². The van der Waals surface area contributed by atoms with E-state index in [0.717, 1.165) is 17.0 Å². The third-order valence-corrected chi connectivity index (χ3v) is 2.66. The number of aromatic nitrogens is 3. The number of hydrogen-bond acceptors (Lipinski definition) is 3. The zero-order chi connectivity index (χ0) is 11.7. The van der Waals surface area contributed by atoms with Crippen LogP contribution in [0.3, 0.4) is 0 Å². The topological polar surface area (TPSA) is 50.9 Å². The van der Waals surface area contributed by atoms with Crippen molar-refractivity contribution in [2.45, 2.75) is 20.0 Å². The highest BCUT2D eigenvalue weighted by atomic mass is 16.3. The highest BCUT2D eigenvalue weighted by Gasteiger charge is 2.17. The lowest BCUT2D eigenvalue weighted by Gasteiger charge is -2.13. The minimum Gasteiger partial charge on any atom is -0.380 e. The van der Waals surface area contributed by atoms with Crippen LogP contribution in [0.15, 0.2) is 24.5 Å². The van der Waals surface area contributed by atoms with E-state index in [1.54, 1.807) is 6.20 Å². The fourth-order valence-electron chi connectivity index (χ4n) is 1.77. The van der Waals surface area contributed by atoms with Crippen molar-refractivity contribution in [3.63, 3.8) is 0 Å². The molecule has 16 heavy (non-hydrogen) atoms. The zero-order valence-corrected chi connectivity index (χ0v) is 9.68. The standard InChI is InChI=1S/C12H15N3O/c1-8-4-5-10(9(2)14-8)11(16)12-13-6-7-15(12)3/h4-7,11,16H,1-3H3. The van der Waals surface area contributed by atoms with Crippen LogP contribution in [0.4, 0.5) is 0 Å². The molecular formula is C12H15N3O. The molecule has 0 aliphatic rings. The second-order valence-corrected chi connectivity index (χ2v) is 3.93. The van der Waals surface area contributed by atoms with Crippen LogP contribution in [0.25, 0.3) is 0 Å². The van der Waals surface area contributed by atoms with Crippen molar-refractivity contribution in [1.29, 1.82) is 0 Å². The maximum absolute atomic E-state index is 10.2. The van der Waals surface area contributed by atoms with Crippen LogP contribution in [0.1, 0.15) is 28.9 Å². The Labute approximate surface area is 94.6 Å². The third-order valence-electron chi connectivity index (χ3n) is 2.66. The quantitative estimate of drug-likeness (QED) is 0.829. The molecule has 0 fully saturated rings. The van der Waals surface area contributed by atoms with Crippen LogP contribution >= 0.6 is 0 Å². The average molecular weight is 217 g/mol. The van der Waals surface area contributed by atoms with Gasteiger partial charge in [-0.1, -0.05) is 6.07 Å². The van der Waals surface area contributed by atoms with Gasteiger partial charge in [0.25, 0.3) is 0 Å². The first-order valence-electron chi connectivity index (χ1n) is 5.19. The fourth-order valence-corrected chi connectivity index (χ4v) is 1.77. The average Bonchev–Trinajstić information content (AvgIpc) is 2.63. The Kier molecular flexibility index (Phi) is 2.75. The molecule has 4 heteroatoms. The van der Waals surface area contributed by atoms with Crippen LogP contribution in [0, 0.1) is 13.8 Å². The molecule has 2 aromatic heterocycles. The van der Waals surface area contributed by atoms with Crippen LogP contribution in [0.2, 0.25) is 0 Å². The Morgan fingerprint density at radius 2 is 2.06 bits per heavy atom. The van der Waals surface area contributed by atoms with Gasteiger partial charge in [0.1, 0.15) is 11.9 Å². The summed E-state index contributed by atoms with van der Waals surface area (Å²) >= 11 is 0. The Morgan fingerprint density at radius 1 is 1.31 bits per heavy atom. The van der Waals surface area contributed by atoms with E-state index in [4.69, 9.17) is 0 Å². The Hall–Kier alpha value is -1.68. The van der Waals surface area contributed by atoms with E-state index in [-0.39, 0.29) is 0 Å². The molecular weight excluding hydrogens is 202 g/mol. The SMILES string of the molecule is Cc1ccc(C(O)c2nccn2C)c(C)n1. The molecule has 2 rings (SSSR count). The smallest absolute Gasteiger partial charge is 0.142 e. The van der Waals surface area contributed by atoms with Gasteiger partial charge in [0.2, 0.25) is 0 Å². The van der Waals surface area contributed by atoms with Crippen molar-refractivity contribution < 1.29 is 5.11 Å². The Morgan fingerprint density at radius 3 is 2.62 bits per heavy atom. The molecule has 84 valence electrons. The minimum absolute atomic E-state index is 0.633. The van der Waals surface area contributed by atoms with E-state index in [9.17, 15) is 5.11 Å². The number of imidazole rings is 1. The number of nitrogens with zero attached hydrogens (tertiary/aromatic N) is 3. The summed E-state index contributed by atoms with van der Waals surface area (Å²) in [6, 6.07) is 3.80. The largest absolute Gasteiger partial charge is 0.380 e. The molecule has 0 aromatic carbocycles. The second kappa shape index (κ2) is 4.06. The van der Waals surface area contributed by atoms with Crippen molar-refractivity contribution in [2.24, 2.45) is 7.05 Å². The lowest BCUT2D eigenvalue weighted by molar-refractivity contribution is 0.205. The molecule has 1 atom stereocenters. The summed E-state index contributed by atoms with van der Waals surface area (Å²) in [5, 5.41) is 10.2. The predicted molar refractivity (Wildman–Crippen MR) is 61.0 cm³/mol. The first-order chi connectivity index (χ1) is 7.59. The summed E-state index contributed by atoms with van der Waals surface area (Å²) in [5.41, 5.74) is 2.60. The van der Waals surface area contributed by atoms with Crippen LogP contribution in [0.5, 0.6) is 0 Å². The Bertz CT molecular complexity index is 505. The number of aliphatic hydroxyl groups is 1.